The molecule has 0 atom stereocenters. The van der Waals surface area contributed by atoms with Gasteiger partial charge in [0.1, 0.15) is 0 Å². The summed E-state index contributed by atoms with van der Waals surface area (Å²) in [5.74, 6) is -0.813. The smallest absolute Gasteiger partial charge is 0.335 e. The quantitative estimate of drug-likeness (QED) is 0.231. The minimum Gasteiger partial charge on any atom is -0.478 e. The van der Waals surface area contributed by atoms with E-state index in [2.05, 4.69) is 37.3 Å². The predicted molar refractivity (Wildman–Crippen MR) is 127 cm³/mol. The molecule has 0 amide bonds. The highest BCUT2D eigenvalue weighted by atomic mass is 16.4. The Morgan fingerprint density at radius 1 is 0.833 bits per heavy atom. The molecule has 0 unspecified atom stereocenters. The van der Waals surface area contributed by atoms with Gasteiger partial charge >= 0.3 is 5.97 Å². The van der Waals surface area contributed by atoms with E-state index in [1.54, 1.807) is 0 Å². The van der Waals surface area contributed by atoms with Gasteiger partial charge in [-0.3, -0.25) is 0 Å². The van der Waals surface area contributed by atoms with E-state index in [1.807, 2.05) is 18.2 Å². The van der Waals surface area contributed by atoms with Crippen molar-refractivity contribution in [1.29, 1.82) is 0 Å². The first-order valence-corrected chi connectivity index (χ1v) is 11.9. The molecule has 30 heavy (non-hydrogen) atoms. The van der Waals surface area contributed by atoms with Crippen molar-refractivity contribution in [2.24, 2.45) is 0 Å². The van der Waals surface area contributed by atoms with E-state index < -0.39 is 5.97 Å². The number of fused-ring (bicyclic) bond motifs is 3. The lowest BCUT2D eigenvalue weighted by Gasteiger charge is -2.10. The van der Waals surface area contributed by atoms with Crippen LogP contribution in [0.15, 0.2) is 48.5 Å². The molecule has 2 nitrogen and oxygen atoms in total. The number of aliphatic carboxylic acids is 1. The van der Waals surface area contributed by atoms with Gasteiger partial charge in [0.15, 0.2) is 0 Å². The van der Waals surface area contributed by atoms with Crippen LogP contribution in [0.3, 0.4) is 0 Å². The van der Waals surface area contributed by atoms with Crippen LogP contribution in [0, 0.1) is 0 Å². The van der Waals surface area contributed by atoms with Crippen molar-refractivity contribution in [2.75, 3.05) is 0 Å². The van der Waals surface area contributed by atoms with E-state index in [4.69, 9.17) is 0 Å². The molecule has 0 saturated heterocycles. The van der Waals surface area contributed by atoms with Gasteiger partial charge in [-0.15, -0.1) is 0 Å². The number of hydrogen-bond acceptors (Lipinski definition) is 1. The SMILES string of the molecule is CCCCCCCCCCCCC=C(C(=O)O)c1cccc2c1Cc1ccccc1-2. The van der Waals surface area contributed by atoms with Crippen molar-refractivity contribution in [3.8, 4) is 11.1 Å². The van der Waals surface area contributed by atoms with E-state index in [0.29, 0.717) is 5.57 Å². The molecule has 0 saturated carbocycles. The van der Waals surface area contributed by atoms with E-state index >= 15 is 0 Å². The molecular formula is C28H36O2. The Balaban J connectivity index is 1.51. The summed E-state index contributed by atoms with van der Waals surface area (Å²) >= 11 is 0. The van der Waals surface area contributed by atoms with Crippen molar-refractivity contribution >= 4 is 11.5 Å². The zero-order chi connectivity index (χ0) is 21.2. The third-order valence-electron chi connectivity index (χ3n) is 6.28. The van der Waals surface area contributed by atoms with Crippen LogP contribution < -0.4 is 0 Å². The first-order chi connectivity index (χ1) is 14.7. The molecule has 2 aromatic rings. The Kier molecular flexibility index (Phi) is 8.74. The maximum Gasteiger partial charge on any atom is 0.335 e. The highest BCUT2D eigenvalue weighted by Gasteiger charge is 2.23. The van der Waals surface area contributed by atoms with Gasteiger partial charge in [-0.1, -0.05) is 113 Å². The third kappa shape index (κ3) is 5.84. The lowest BCUT2D eigenvalue weighted by Crippen LogP contribution is -2.03. The summed E-state index contributed by atoms with van der Waals surface area (Å²) in [5, 5.41) is 9.87. The number of carboxylic acid groups (broad SMARTS) is 1. The highest BCUT2D eigenvalue weighted by Crippen LogP contribution is 2.40. The van der Waals surface area contributed by atoms with Gasteiger partial charge in [0.2, 0.25) is 0 Å². The molecule has 1 aliphatic rings. The summed E-state index contributed by atoms with van der Waals surface area (Å²) in [4.78, 5) is 12.0. The first-order valence-electron chi connectivity index (χ1n) is 11.9. The first kappa shape index (κ1) is 22.3. The van der Waals surface area contributed by atoms with Crippen molar-refractivity contribution in [3.05, 3.63) is 65.2 Å². The Bertz CT molecular complexity index is 863. The highest BCUT2D eigenvalue weighted by molar-refractivity contribution is 6.16. The number of allylic oxidation sites excluding steroid dienone is 1. The summed E-state index contributed by atoms with van der Waals surface area (Å²) in [7, 11) is 0. The standard InChI is InChI=1S/C28H36O2/c1-2-3-4-5-6-7-8-9-10-11-12-18-26(28(29)30)25-20-15-19-24-23-17-14-13-16-22(23)21-27(24)25/h13-20H,2-12,21H2,1H3,(H,29,30). The molecule has 0 heterocycles. The Morgan fingerprint density at radius 3 is 2.17 bits per heavy atom. The summed E-state index contributed by atoms with van der Waals surface area (Å²) < 4.78 is 0. The number of rotatable bonds is 13. The van der Waals surface area contributed by atoms with E-state index in [9.17, 15) is 9.90 Å². The van der Waals surface area contributed by atoms with Crippen molar-refractivity contribution in [2.45, 2.75) is 84.0 Å². The van der Waals surface area contributed by atoms with Crippen LogP contribution in [-0.4, -0.2) is 11.1 Å². The fraction of sp³-hybridized carbons (Fsp3) is 0.464. The van der Waals surface area contributed by atoms with Crippen molar-refractivity contribution in [3.63, 3.8) is 0 Å². The van der Waals surface area contributed by atoms with E-state index in [-0.39, 0.29) is 0 Å². The number of carbonyl (C=O) groups is 1. The minimum atomic E-state index is -0.813. The molecule has 0 fully saturated rings. The number of hydrogen-bond donors (Lipinski definition) is 1. The molecule has 1 N–H and O–H groups in total. The van der Waals surface area contributed by atoms with Crippen LogP contribution in [0.25, 0.3) is 16.7 Å². The summed E-state index contributed by atoms with van der Waals surface area (Å²) in [6.07, 6.45) is 16.6. The molecule has 0 aromatic heterocycles. The molecular weight excluding hydrogens is 368 g/mol. The average Bonchev–Trinajstić information content (AvgIpc) is 3.13. The van der Waals surface area contributed by atoms with Gasteiger partial charge in [-0.2, -0.15) is 0 Å². The summed E-state index contributed by atoms with van der Waals surface area (Å²) in [5.41, 5.74) is 6.25. The Morgan fingerprint density at radius 2 is 1.47 bits per heavy atom. The Hall–Kier alpha value is -2.35. The monoisotopic (exact) mass is 404 g/mol. The van der Waals surface area contributed by atoms with Crippen molar-refractivity contribution in [1.82, 2.24) is 0 Å². The minimum absolute atomic E-state index is 0.468. The van der Waals surface area contributed by atoms with Gasteiger partial charge in [-0.25, -0.2) is 4.79 Å². The molecule has 0 spiro atoms. The lowest BCUT2D eigenvalue weighted by atomic mass is 9.94. The normalized spacial score (nSPS) is 12.6. The van der Waals surface area contributed by atoms with Crippen molar-refractivity contribution < 1.29 is 9.90 Å². The molecule has 0 aliphatic heterocycles. The fourth-order valence-corrected chi connectivity index (χ4v) is 4.60. The molecule has 2 aromatic carbocycles. The van der Waals surface area contributed by atoms with Crippen LogP contribution in [-0.2, 0) is 11.2 Å². The fourth-order valence-electron chi connectivity index (χ4n) is 4.60. The lowest BCUT2D eigenvalue weighted by molar-refractivity contribution is -0.130. The zero-order valence-corrected chi connectivity index (χ0v) is 18.5. The predicted octanol–water partition coefficient (Wildman–Crippen LogP) is 8.04. The largest absolute Gasteiger partial charge is 0.478 e. The van der Waals surface area contributed by atoms with Gasteiger partial charge in [-0.05, 0) is 47.1 Å². The van der Waals surface area contributed by atoms with Crippen LogP contribution in [0.2, 0.25) is 0 Å². The van der Waals surface area contributed by atoms with E-state index in [0.717, 1.165) is 30.4 Å². The summed E-state index contributed by atoms with van der Waals surface area (Å²) in [6.45, 7) is 2.26. The maximum atomic E-state index is 12.0. The number of carboxylic acids is 1. The molecule has 0 bridgehead atoms. The molecule has 3 rings (SSSR count). The molecule has 160 valence electrons. The second-order valence-corrected chi connectivity index (χ2v) is 8.56. The van der Waals surface area contributed by atoms with Crippen LogP contribution in [0.1, 0.15) is 94.2 Å². The second kappa shape index (κ2) is 11.7. The third-order valence-corrected chi connectivity index (χ3v) is 6.28. The van der Waals surface area contributed by atoms with Crippen LogP contribution in [0.4, 0.5) is 0 Å². The Labute approximate surface area is 182 Å². The average molecular weight is 405 g/mol. The van der Waals surface area contributed by atoms with Gasteiger partial charge in [0.05, 0.1) is 5.57 Å². The van der Waals surface area contributed by atoms with Crippen LogP contribution >= 0.6 is 0 Å². The molecule has 1 aliphatic carbocycles. The zero-order valence-electron chi connectivity index (χ0n) is 18.5. The number of benzene rings is 2. The maximum absolute atomic E-state index is 12.0. The van der Waals surface area contributed by atoms with Gasteiger partial charge in [0.25, 0.3) is 0 Å². The topological polar surface area (TPSA) is 37.3 Å². The molecule has 2 heteroatoms. The number of unbranched alkanes of at least 4 members (excludes halogenated alkanes) is 10. The molecule has 0 radical (unpaired) electrons. The van der Waals surface area contributed by atoms with Crippen LogP contribution in [0.5, 0.6) is 0 Å². The summed E-state index contributed by atoms with van der Waals surface area (Å²) in [6, 6.07) is 14.5. The second-order valence-electron chi connectivity index (χ2n) is 8.56. The van der Waals surface area contributed by atoms with E-state index in [1.165, 1.54) is 74.5 Å². The van der Waals surface area contributed by atoms with Gasteiger partial charge in [0, 0.05) is 0 Å². The van der Waals surface area contributed by atoms with Gasteiger partial charge < -0.3 is 5.11 Å².